The molecule has 4 heteroatoms. The second kappa shape index (κ2) is 2.67. The lowest BCUT2D eigenvalue weighted by Crippen LogP contribution is -2.02. The molecule has 1 saturated carbocycles. The van der Waals surface area contributed by atoms with Gasteiger partial charge in [0.25, 0.3) is 0 Å². The second-order valence-corrected chi connectivity index (χ2v) is 4.12. The number of hydrogen-bond acceptors (Lipinski definition) is 4. The molecule has 1 aliphatic carbocycles. The second-order valence-electron chi connectivity index (χ2n) is 3.29. The lowest BCUT2D eigenvalue weighted by Gasteiger charge is -2.01. The summed E-state index contributed by atoms with van der Waals surface area (Å²) in [5.41, 5.74) is 2.82. The molecule has 0 atom stereocenters. The van der Waals surface area contributed by atoms with Crippen molar-refractivity contribution in [2.24, 2.45) is 0 Å². The summed E-state index contributed by atoms with van der Waals surface area (Å²) in [5, 5.41) is 3.37. The Balaban J connectivity index is 1.99. The Morgan fingerprint density at radius 3 is 3.15 bits per heavy atom. The van der Waals surface area contributed by atoms with E-state index in [0.717, 1.165) is 16.2 Å². The fourth-order valence-corrected chi connectivity index (χ4v) is 1.93. The molecule has 3 rings (SSSR count). The van der Waals surface area contributed by atoms with Crippen LogP contribution in [0.25, 0.3) is 10.3 Å². The number of fused-ring (bicyclic) bond motifs is 1. The third-order valence-electron chi connectivity index (χ3n) is 2.13. The van der Waals surface area contributed by atoms with Gasteiger partial charge in [0.1, 0.15) is 16.2 Å². The van der Waals surface area contributed by atoms with E-state index in [2.05, 4.69) is 15.3 Å². The highest BCUT2D eigenvalue weighted by Gasteiger charge is 2.21. The SMILES string of the molecule is c1nc2ccc(NC3CC3)nc2s1. The zero-order valence-corrected chi connectivity index (χ0v) is 7.84. The molecule has 1 N–H and O–H groups in total. The topological polar surface area (TPSA) is 37.8 Å². The van der Waals surface area contributed by atoms with Gasteiger partial charge < -0.3 is 5.32 Å². The van der Waals surface area contributed by atoms with Crippen LogP contribution in [0, 0.1) is 0 Å². The molecule has 2 aromatic rings. The van der Waals surface area contributed by atoms with Crippen LogP contribution in [0.15, 0.2) is 17.6 Å². The molecule has 2 heterocycles. The minimum atomic E-state index is 0.665. The van der Waals surface area contributed by atoms with Crippen molar-refractivity contribution in [3.05, 3.63) is 17.6 Å². The molecule has 13 heavy (non-hydrogen) atoms. The molecule has 3 nitrogen and oxygen atoms in total. The van der Waals surface area contributed by atoms with Crippen LogP contribution in [0.1, 0.15) is 12.8 Å². The summed E-state index contributed by atoms with van der Waals surface area (Å²) in [6.07, 6.45) is 2.56. The zero-order chi connectivity index (χ0) is 8.67. The van der Waals surface area contributed by atoms with Crippen LogP contribution in [0.2, 0.25) is 0 Å². The van der Waals surface area contributed by atoms with Crippen molar-refractivity contribution in [2.45, 2.75) is 18.9 Å². The van der Waals surface area contributed by atoms with Crippen molar-refractivity contribution >= 4 is 27.5 Å². The fourth-order valence-electron chi connectivity index (χ4n) is 1.27. The monoisotopic (exact) mass is 191 g/mol. The summed E-state index contributed by atoms with van der Waals surface area (Å²) in [4.78, 5) is 9.66. The van der Waals surface area contributed by atoms with Crippen LogP contribution in [0.3, 0.4) is 0 Å². The number of nitrogens with zero attached hydrogens (tertiary/aromatic N) is 2. The minimum absolute atomic E-state index is 0.665. The highest BCUT2D eigenvalue weighted by Crippen LogP contribution is 2.25. The summed E-state index contributed by atoms with van der Waals surface area (Å²) in [6, 6.07) is 4.68. The van der Waals surface area contributed by atoms with E-state index >= 15 is 0 Å². The van der Waals surface area contributed by atoms with E-state index < -0.39 is 0 Å². The lowest BCUT2D eigenvalue weighted by atomic mass is 10.4. The number of thiazole rings is 1. The van der Waals surface area contributed by atoms with Gasteiger partial charge in [0.05, 0.1) is 5.51 Å². The molecule has 66 valence electrons. The summed E-state index contributed by atoms with van der Waals surface area (Å²) >= 11 is 1.59. The van der Waals surface area contributed by atoms with Gasteiger partial charge in [-0.1, -0.05) is 0 Å². The molecule has 2 aromatic heterocycles. The predicted molar refractivity (Wildman–Crippen MR) is 54.1 cm³/mol. The van der Waals surface area contributed by atoms with E-state index in [4.69, 9.17) is 0 Å². The number of aromatic nitrogens is 2. The largest absolute Gasteiger partial charge is 0.367 e. The third kappa shape index (κ3) is 1.37. The number of anilines is 1. The van der Waals surface area contributed by atoms with E-state index in [9.17, 15) is 0 Å². The van der Waals surface area contributed by atoms with Gasteiger partial charge in [-0.2, -0.15) is 0 Å². The van der Waals surface area contributed by atoms with Crippen molar-refractivity contribution < 1.29 is 0 Å². The highest BCUT2D eigenvalue weighted by molar-refractivity contribution is 7.16. The fraction of sp³-hybridized carbons (Fsp3) is 0.333. The number of pyridine rings is 1. The van der Waals surface area contributed by atoms with Crippen molar-refractivity contribution in [1.82, 2.24) is 9.97 Å². The van der Waals surface area contributed by atoms with Crippen LogP contribution in [-0.4, -0.2) is 16.0 Å². The van der Waals surface area contributed by atoms with Gasteiger partial charge in [-0.25, -0.2) is 9.97 Å². The van der Waals surface area contributed by atoms with Crippen LogP contribution >= 0.6 is 11.3 Å². The zero-order valence-electron chi connectivity index (χ0n) is 7.03. The number of rotatable bonds is 2. The number of nitrogens with one attached hydrogen (secondary N) is 1. The van der Waals surface area contributed by atoms with E-state index in [1.54, 1.807) is 11.3 Å². The third-order valence-corrected chi connectivity index (χ3v) is 2.86. The van der Waals surface area contributed by atoms with Crippen LogP contribution < -0.4 is 5.32 Å². The summed E-state index contributed by atoms with van der Waals surface area (Å²) in [6.45, 7) is 0. The first-order valence-corrected chi connectivity index (χ1v) is 5.26. The maximum atomic E-state index is 4.46. The van der Waals surface area contributed by atoms with Gasteiger partial charge in [-0.3, -0.25) is 0 Å². The van der Waals surface area contributed by atoms with Gasteiger partial charge in [0, 0.05) is 6.04 Å². The lowest BCUT2D eigenvalue weighted by molar-refractivity contribution is 1.13. The van der Waals surface area contributed by atoms with Gasteiger partial charge >= 0.3 is 0 Å². The quantitative estimate of drug-likeness (QED) is 0.791. The molecule has 0 radical (unpaired) electrons. The van der Waals surface area contributed by atoms with Gasteiger partial charge in [-0.15, -0.1) is 11.3 Å². The number of hydrogen-bond donors (Lipinski definition) is 1. The Labute approximate surface area is 79.8 Å². The molecule has 0 bridgehead atoms. The van der Waals surface area contributed by atoms with E-state index in [-0.39, 0.29) is 0 Å². The molecule has 0 aromatic carbocycles. The van der Waals surface area contributed by atoms with Crippen LogP contribution in [0.4, 0.5) is 5.82 Å². The Hall–Kier alpha value is -1.16. The maximum absolute atomic E-state index is 4.46. The maximum Gasteiger partial charge on any atom is 0.145 e. The first kappa shape index (κ1) is 7.26. The predicted octanol–water partition coefficient (Wildman–Crippen LogP) is 2.27. The first-order valence-electron chi connectivity index (χ1n) is 4.38. The first-order chi connectivity index (χ1) is 6.42. The highest BCUT2D eigenvalue weighted by atomic mass is 32.1. The Bertz CT molecular complexity index is 433. The summed E-state index contributed by atoms with van der Waals surface area (Å²) < 4.78 is 0. The molecule has 1 aliphatic rings. The molecular weight excluding hydrogens is 182 g/mol. The Kier molecular flexibility index (Phi) is 1.49. The smallest absolute Gasteiger partial charge is 0.145 e. The Morgan fingerprint density at radius 2 is 2.31 bits per heavy atom. The van der Waals surface area contributed by atoms with Crippen LogP contribution in [-0.2, 0) is 0 Å². The van der Waals surface area contributed by atoms with Gasteiger partial charge in [0.15, 0.2) is 0 Å². The normalized spacial score (nSPS) is 16.3. The molecule has 1 fully saturated rings. The summed E-state index contributed by atoms with van der Waals surface area (Å²) in [5.74, 6) is 0.985. The van der Waals surface area contributed by atoms with Crippen LogP contribution in [0.5, 0.6) is 0 Å². The molecular formula is C9H9N3S. The average Bonchev–Trinajstić information content (AvgIpc) is 2.83. The molecule has 0 unspecified atom stereocenters. The van der Waals surface area contributed by atoms with E-state index in [0.29, 0.717) is 6.04 Å². The molecule has 0 saturated heterocycles. The molecule has 0 amide bonds. The summed E-state index contributed by atoms with van der Waals surface area (Å²) in [7, 11) is 0. The van der Waals surface area contributed by atoms with Crippen molar-refractivity contribution in [3.8, 4) is 0 Å². The standard InChI is InChI=1S/C9H9N3S/c1-2-6(1)11-8-4-3-7-9(12-8)13-5-10-7/h3-6H,1-2H2,(H,11,12). The Morgan fingerprint density at radius 1 is 1.38 bits per heavy atom. The van der Waals surface area contributed by atoms with Gasteiger partial charge in [0.2, 0.25) is 0 Å². The van der Waals surface area contributed by atoms with Crippen molar-refractivity contribution in [3.63, 3.8) is 0 Å². The van der Waals surface area contributed by atoms with E-state index in [1.165, 1.54) is 12.8 Å². The molecule has 0 aliphatic heterocycles. The average molecular weight is 191 g/mol. The van der Waals surface area contributed by atoms with Crippen molar-refractivity contribution in [2.75, 3.05) is 5.32 Å². The van der Waals surface area contributed by atoms with E-state index in [1.807, 2.05) is 17.6 Å². The molecule has 0 spiro atoms. The minimum Gasteiger partial charge on any atom is -0.367 e. The van der Waals surface area contributed by atoms with Gasteiger partial charge in [-0.05, 0) is 25.0 Å². The van der Waals surface area contributed by atoms with Crippen molar-refractivity contribution in [1.29, 1.82) is 0 Å².